The van der Waals surface area contributed by atoms with Crippen LogP contribution in [0.15, 0.2) is 36.4 Å². The molecule has 3 rings (SSSR count). The lowest BCUT2D eigenvalue weighted by Gasteiger charge is -1.89. The van der Waals surface area contributed by atoms with Crippen molar-refractivity contribution in [2.45, 2.75) is 0 Å². The quantitative estimate of drug-likeness (QED) is 0.439. The Morgan fingerprint density at radius 2 is 1.82 bits per heavy atom. The third-order valence-corrected chi connectivity index (χ3v) is 2.01. The molecule has 0 saturated heterocycles. The fourth-order valence-electron chi connectivity index (χ4n) is 1.40. The Kier molecular flexibility index (Phi) is 0.737. The lowest BCUT2D eigenvalue weighted by Crippen LogP contribution is -1.63. The van der Waals surface area contributed by atoms with E-state index in [4.69, 9.17) is 4.74 Å². The van der Waals surface area contributed by atoms with Crippen molar-refractivity contribution in [1.29, 1.82) is 0 Å². The fraction of sp³-hybridized carbons (Fsp3) is 0. The number of ether oxygens (including phenoxy) is 1. The summed E-state index contributed by atoms with van der Waals surface area (Å²) in [7, 11) is 0. The SMILES string of the molecule is c1ccc2c3c(ccc2c1)O3. The summed E-state index contributed by atoms with van der Waals surface area (Å²) in [5, 5.41) is 2.48. The van der Waals surface area contributed by atoms with Crippen molar-refractivity contribution in [2.24, 2.45) is 0 Å². The third-order valence-electron chi connectivity index (χ3n) is 2.01. The maximum atomic E-state index is 5.25. The highest BCUT2D eigenvalue weighted by Crippen LogP contribution is 2.49. The smallest absolute Gasteiger partial charge is 0.177 e. The molecule has 0 spiro atoms. The molecule has 0 bridgehead atoms. The first-order valence-electron chi connectivity index (χ1n) is 3.65. The van der Waals surface area contributed by atoms with Crippen LogP contribution >= 0.6 is 0 Å². The summed E-state index contributed by atoms with van der Waals surface area (Å²) in [6.07, 6.45) is 0. The fourth-order valence-corrected chi connectivity index (χ4v) is 1.40. The average Bonchev–Trinajstić information content (AvgIpc) is 2.83. The van der Waals surface area contributed by atoms with Crippen molar-refractivity contribution in [3.63, 3.8) is 0 Å². The molecule has 0 saturated carbocycles. The second kappa shape index (κ2) is 1.56. The topological polar surface area (TPSA) is 12.5 Å². The first kappa shape index (κ1) is 5.19. The molecule has 1 heteroatoms. The van der Waals surface area contributed by atoms with Gasteiger partial charge >= 0.3 is 0 Å². The highest BCUT2D eigenvalue weighted by Gasteiger charge is 2.21. The third kappa shape index (κ3) is 0.598. The molecule has 0 amide bonds. The lowest BCUT2D eigenvalue weighted by molar-refractivity contribution is 0.653. The van der Waals surface area contributed by atoms with Crippen molar-refractivity contribution >= 4 is 10.8 Å². The maximum Gasteiger partial charge on any atom is 0.177 e. The first-order chi connectivity index (χ1) is 5.45. The molecule has 0 unspecified atom stereocenters. The van der Waals surface area contributed by atoms with Gasteiger partial charge in [0.25, 0.3) is 0 Å². The van der Waals surface area contributed by atoms with E-state index in [2.05, 4.69) is 18.2 Å². The minimum Gasteiger partial charge on any atom is -0.449 e. The van der Waals surface area contributed by atoms with Gasteiger partial charge in [0.15, 0.2) is 11.5 Å². The number of hydrogen-bond donors (Lipinski definition) is 0. The van der Waals surface area contributed by atoms with Crippen LogP contribution in [0.5, 0.6) is 11.5 Å². The number of hydrogen-bond acceptors (Lipinski definition) is 1. The van der Waals surface area contributed by atoms with Gasteiger partial charge in [-0.25, -0.2) is 0 Å². The number of fused-ring (bicyclic) bond motifs is 3. The summed E-state index contributed by atoms with van der Waals surface area (Å²) in [4.78, 5) is 0. The van der Waals surface area contributed by atoms with Gasteiger partial charge in [-0.1, -0.05) is 30.3 Å². The van der Waals surface area contributed by atoms with E-state index in [-0.39, 0.29) is 0 Å². The monoisotopic (exact) mass is 142 g/mol. The molecule has 2 aromatic rings. The zero-order valence-electron chi connectivity index (χ0n) is 5.87. The van der Waals surface area contributed by atoms with E-state index in [9.17, 15) is 0 Å². The van der Waals surface area contributed by atoms with Crippen molar-refractivity contribution < 1.29 is 4.74 Å². The Balaban J connectivity index is 2.56. The van der Waals surface area contributed by atoms with Crippen LogP contribution in [0.4, 0.5) is 0 Å². The molecule has 2 aromatic carbocycles. The van der Waals surface area contributed by atoms with E-state index in [0.29, 0.717) is 0 Å². The van der Waals surface area contributed by atoms with Crippen LogP contribution in [0.1, 0.15) is 0 Å². The van der Waals surface area contributed by atoms with Crippen molar-refractivity contribution in [3.8, 4) is 11.5 Å². The predicted molar refractivity (Wildman–Crippen MR) is 44.0 cm³/mol. The van der Waals surface area contributed by atoms with Crippen LogP contribution in [0.2, 0.25) is 0 Å². The largest absolute Gasteiger partial charge is 0.449 e. The minimum absolute atomic E-state index is 1.03. The van der Waals surface area contributed by atoms with E-state index < -0.39 is 0 Å². The van der Waals surface area contributed by atoms with Gasteiger partial charge in [-0.2, -0.15) is 0 Å². The summed E-state index contributed by atoms with van der Waals surface area (Å²) in [6, 6.07) is 12.3. The van der Waals surface area contributed by atoms with Gasteiger partial charge in [-0.05, 0) is 11.5 Å². The van der Waals surface area contributed by atoms with Crippen LogP contribution in [-0.2, 0) is 0 Å². The van der Waals surface area contributed by atoms with Crippen molar-refractivity contribution in [2.75, 3.05) is 0 Å². The van der Waals surface area contributed by atoms with Crippen LogP contribution in [-0.4, -0.2) is 0 Å². The van der Waals surface area contributed by atoms with Crippen LogP contribution < -0.4 is 4.74 Å². The maximum absolute atomic E-state index is 5.25. The Morgan fingerprint density at radius 3 is 2.82 bits per heavy atom. The first-order valence-corrected chi connectivity index (χ1v) is 3.65. The molecule has 52 valence electrons. The molecule has 0 aromatic heterocycles. The number of rotatable bonds is 0. The molecule has 0 aliphatic carbocycles. The van der Waals surface area contributed by atoms with Crippen molar-refractivity contribution in [3.05, 3.63) is 36.4 Å². The van der Waals surface area contributed by atoms with Gasteiger partial charge in [-0.3, -0.25) is 0 Å². The van der Waals surface area contributed by atoms with Crippen LogP contribution in [0, 0.1) is 0 Å². The van der Waals surface area contributed by atoms with Gasteiger partial charge in [0, 0.05) is 5.39 Å². The van der Waals surface area contributed by atoms with Crippen LogP contribution in [0.3, 0.4) is 0 Å². The van der Waals surface area contributed by atoms with E-state index in [1.165, 1.54) is 10.8 Å². The molecule has 1 heterocycles. The van der Waals surface area contributed by atoms with E-state index in [0.717, 1.165) is 11.5 Å². The van der Waals surface area contributed by atoms with Gasteiger partial charge in [-0.15, -0.1) is 0 Å². The standard InChI is InChI=1S/C10H6O/c1-2-4-8-7(3-1)5-6-9-10(8)11-9/h1-6H. The van der Waals surface area contributed by atoms with Gasteiger partial charge in [0.2, 0.25) is 0 Å². The molecule has 1 aliphatic rings. The Hall–Kier alpha value is -1.50. The summed E-state index contributed by atoms with van der Waals surface area (Å²) in [6.45, 7) is 0. The van der Waals surface area contributed by atoms with E-state index in [1.807, 2.05) is 18.2 Å². The molecule has 0 N–H and O–H groups in total. The second-order valence-electron chi connectivity index (χ2n) is 2.72. The molecular formula is C10H6O. The Bertz CT molecular complexity index is 432. The molecule has 0 radical (unpaired) electrons. The zero-order chi connectivity index (χ0) is 7.26. The van der Waals surface area contributed by atoms with Gasteiger partial charge in [0.05, 0.1) is 0 Å². The highest BCUT2D eigenvalue weighted by atomic mass is 16.6. The number of benzene rings is 2. The van der Waals surface area contributed by atoms with Gasteiger partial charge in [0.1, 0.15) is 0 Å². The highest BCUT2D eigenvalue weighted by molar-refractivity contribution is 5.94. The predicted octanol–water partition coefficient (Wildman–Crippen LogP) is 2.95. The molecule has 0 fully saturated rings. The summed E-state index contributed by atoms with van der Waals surface area (Å²) in [5.41, 5.74) is 0. The average molecular weight is 142 g/mol. The molecule has 1 aliphatic heterocycles. The van der Waals surface area contributed by atoms with E-state index in [1.54, 1.807) is 0 Å². The Labute approximate surface area is 64.2 Å². The van der Waals surface area contributed by atoms with Crippen molar-refractivity contribution in [1.82, 2.24) is 0 Å². The normalized spacial score (nSPS) is 12.4. The van der Waals surface area contributed by atoms with Gasteiger partial charge < -0.3 is 4.74 Å². The molecule has 0 atom stereocenters. The summed E-state index contributed by atoms with van der Waals surface area (Å²) >= 11 is 0. The second-order valence-corrected chi connectivity index (χ2v) is 2.72. The summed E-state index contributed by atoms with van der Waals surface area (Å²) < 4.78 is 5.25. The molecule has 11 heavy (non-hydrogen) atoms. The minimum atomic E-state index is 1.03. The summed E-state index contributed by atoms with van der Waals surface area (Å²) in [5.74, 6) is 2.09. The molecular weight excluding hydrogens is 136 g/mol. The van der Waals surface area contributed by atoms with Crippen LogP contribution in [0.25, 0.3) is 10.8 Å². The van der Waals surface area contributed by atoms with E-state index >= 15 is 0 Å². The Morgan fingerprint density at radius 1 is 0.909 bits per heavy atom. The lowest BCUT2D eigenvalue weighted by atomic mass is 10.1. The molecule has 1 nitrogen and oxygen atoms in total. The zero-order valence-corrected chi connectivity index (χ0v) is 5.87.